The lowest BCUT2D eigenvalue weighted by Gasteiger charge is -2.23. The predicted molar refractivity (Wildman–Crippen MR) is 148 cm³/mol. The Morgan fingerprint density at radius 2 is 1.51 bits per heavy atom. The second kappa shape index (κ2) is 13.2. The van der Waals surface area contributed by atoms with Crippen LogP contribution in [-0.2, 0) is 29.1 Å². The van der Waals surface area contributed by atoms with Gasteiger partial charge in [0.15, 0.2) is 5.69 Å². The zero-order valence-corrected chi connectivity index (χ0v) is 24.0. The molecule has 1 fully saturated rings. The van der Waals surface area contributed by atoms with Gasteiger partial charge in [0.1, 0.15) is 25.2 Å². The normalized spacial score (nSPS) is 17.7. The van der Waals surface area contributed by atoms with Gasteiger partial charge in [-0.1, -0.05) is 19.6 Å². The minimum Gasteiger partial charge on any atom is -0.476 e. The SMILES string of the molecule is C[Si](C)(C)CCOCn1nc(C(=O)O)c2c1CC(c1cncnc1)CC2.O=C1CCC(c2cncnc2)CC1. The van der Waals surface area contributed by atoms with Crippen LogP contribution < -0.4 is 0 Å². The van der Waals surface area contributed by atoms with Crippen LogP contribution in [0.5, 0.6) is 0 Å². The molecule has 1 N–H and O–H groups in total. The first-order valence-electron chi connectivity index (χ1n) is 13.6. The molecule has 0 bridgehead atoms. The third-order valence-corrected chi connectivity index (χ3v) is 9.11. The molecule has 0 amide bonds. The van der Waals surface area contributed by atoms with Crippen molar-refractivity contribution in [2.24, 2.45) is 0 Å². The van der Waals surface area contributed by atoms with Crippen molar-refractivity contribution in [2.75, 3.05) is 6.61 Å². The van der Waals surface area contributed by atoms with Crippen LogP contribution >= 0.6 is 0 Å². The molecule has 208 valence electrons. The number of hydrogen-bond donors (Lipinski definition) is 1. The van der Waals surface area contributed by atoms with E-state index < -0.39 is 14.0 Å². The number of hydrogen-bond acceptors (Lipinski definition) is 8. The van der Waals surface area contributed by atoms with Gasteiger partial charge in [0, 0.05) is 63.6 Å². The molecule has 0 radical (unpaired) electrons. The molecule has 2 aliphatic rings. The highest BCUT2D eigenvalue weighted by Crippen LogP contribution is 2.34. The van der Waals surface area contributed by atoms with E-state index in [4.69, 9.17) is 4.74 Å². The van der Waals surface area contributed by atoms with Crippen molar-refractivity contribution in [3.63, 3.8) is 0 Å². The predicted octanol–water partition coefficient (Wildman–Crippen LogP) is 4.66. The minimum atomic E-state index is -1.15. The molecular formula is C28H38N6O4Si. The largest absolute Gasteiger partial charge is 0.476 e. The molecule has 1 atom stereocenters. The number of carbonyl (C=O) groups is 2. The summed E-state index contributed by atoms with van der Waals surface area (Å²) in [6.07, 6.45) is 16.1. The first kappa shape index (κ1) is 28.7. The van der Waals surface area contributed by atoms with E-state index in [1.807, 2.05) is 24.8 Å². The van der Waals surface area contributed by atoms with E-state index in [0.29, 0.717) is 31.5 Å². The monoisotopic (exact) mass is 550 g/mol. The van der Waals surface area contributed by atoms with Crippen LogP contribution in [0.25, 0.3) is 0 Å². The Labute approximate surface area is 230 Å². The highest BCUT2D eigenvalue weighted by atomic mass is 28.3. The number of carboxylic acid groups (broad SMARTS) is 1. The first-order chi connectivity index (χ1) is 18.7. The number of rotatable bonds is 8. The zero-order valence-electron chi connectivity index (χ0n) is 23.0. The van der Waals surface area contributed by atoms with Crippen molar-refractivity contribution >= 4 is 19.8 Å². The third kappa shape index (κ3) is 8.09. The van der Waals surface area contributed by atoms with Crippen LogP contribution in [0.15, 0.2) is 37.4 Å². The van der Waals surface area contributed by atoms with E-state index in [2.05, 4.69) is 44.7 Å². The Morgan fingerprint density at radius 1 is 0.949 bits per heavy atom. The second-order valence-electron chi connectivity index (χ2n) is 11.5. The zero-order chi connectivity index (χ0) is 27.8. The van der Waals surface area contributed by atoms with Gasteiger partial charge < -0.3 is 9.84 Å². The van der Waals surface area contributed by atoms with Crippen LogP contribution in [0.2, 0.25) is 25.7 Å². The molecule has 3 aromatic heterocycles. The van der Waals surface area contributed by atoms with Gasteiger partial charge >= 0.3 is 5.97 Å². The molecule has 39 heavy (non-hydrogen) atoms. The van der Waals surface area contributed by atoms with Crippen molar-refractivity contribution in [3.05, 3.63) is 65.5 Å². The molecule has 11 heteroatoms. The molecule has 5 rings (SSSR count). The average Bonchev–Trinajstić information content (AvgIpc) is 3.31. The second-order valence-corrected chi connectivity index (χ2v) is 17.1. The number of ether oxygens (including phenoxy) is 1. The van der Waals surface area contributed by atoms with Crippen LogP contribution in [0.3, 0.4) is 0 Å². The Balaban J connectivity index is 0.000000226. The highest BCUT2D eigenvalue weighted by Gasteiger charge is 2.30. The number of carbonyl (C=O) groups excluding carboxylic acids is 1. The molecule has 1 saturated carbocycles. The molecule has 2 aliphatic carbocycles. The summed E-state index contributed by atoms with van der Waals surface area (Å²) in [5.74, 6) is 0.207. The summed E-state index contributed by atoms with van der Waals surface area (Å²) in [5, 5.41) is 13.8. The average molecular weight is 551 g/mol. The smallest absolute Gasteiger partial charge is 0.356 e. The summed E-state index contributed by atoms with van der Waals surface area (Å²) in [7, 11) is -1.15. The number of carboxylic acids is 1. The summed E-state index contributed by atoms with van der Waals surface area (Å²) < 4.78 is 7.55. The Morgan fingerprint density at radius 3 is 2.08 bits per heavy atom. The van der Waals surface area contributed by atoms with Crippen molar-refractivity contribution in [3.8, 4) is 0 Å². The van der Waals surface area contributed by atoms with Gasteiger partial charge in [-0.15, -0.1) is 0 Å². The fourth-order valence-electron chi connectivity index (χ4n) is 5.09. The van der Waals surface area contributed by atoms with Crippen LogP contribution in [0.1, 0.15) is 76.8 Å². The van der Waals surface area contributed by atoms with Crippen molar-refractivity contribution in [1.82, 2.24) is 29.7 Å². The maximum absolute atomic E-state index is 11.6. The molecule has 0 aromatic carbocycles. The number of nitrogens with zero attached hydrogens (tertiary/aromatic N) is 6. The fourth-order valence-corrected chi connectivity index (χ4v) is 5.84. The summed E-state index contributed by atoms with van der Waals surface area (Å²) >= 11 is 0. The fraction of sp³-hybridized carbons (Fsp3) is 0.536. The summed E-state index contributed by atoms with van der Waals surface area (Å²) in [6.45, 7) is 7.91. The van der Waals surface area contributed by atoms with Gasteiger partial charge in [-0.2, -0.15) is 5.10 Å². The summed E-state index contributed by atoms with van der Waals surface area (Å²) in [4.78, 5) is 38.8. The van der Waals surface area contributed by atoms with Crippen LogP contribution in [0, 0.1) is 0 Å². The van der Waals surface area contributed by atoms with Crippen molar-refractivity contribution in [2.45, 2.75) is 89.2 Å². The lowest BCUT2D eigenvalue weighted by Crippen LogP contribution is -2.22. The van der Waals surface area contributed by atoms with Gasteiger partial charge in [-0.3, -0.25) is 4.79 Å². The van der Waals surface area contributed by atoms with E-state index in [1.54, 1.807) is 4.68 Å². The van der Waals surface area contributed by atoms with E-state index in [9.17, 15) is 14.7 Å². The molecule has 10 nitrogen and oxygen atoms in total. The maximum Gasteiger partial charge on any atom is 0.356 e. The van der Waals surface area contributed by atoms with E-state index >= 15 is 0 Å². The van der Waals surface area contributed by atoms with E-state index in [0.717, 1.165) is 61.4 Å². The number of aromatic nitrogens is 6. The quantitative estimate of drug-likeness (QED) is 0.314. The Hall–Kier alpha value is -3.31. The molecule has 1 unspecified atom stereocenters. The number of fused-ring (bicyclic) bond motifs is 1. The third-order valence-electron chi connectivity index (χ3n) is 7.41. The molecular weight excluding hydrogens is 512 g/mol. The van der Waals surface area contributed by atoms with Gasteiger partial charge in [0.05, 0.1) is 0 Å². The number of aromatic carboxylic acids is 1. The van der Waals surface area contributed by atoms with Crippen molar-refractivity contribution in [1.29, 1.82) is 0 Å². The van der Waals surface area contributed by atoms with Gasteiger partial charge in [0.25, 0.3) is 0 Å². The van der Waals surface area contributed by atoms with E-state index in [-0.39, 0.29) is 11.6 Å². The molecule has 3 aromatic rings. The maximum atomic E-state index is 11.6. The number of ketones is 1. The Kier molecular flexibility index (Phi) is 9.68. The van der Waals surface area contributed by atoms with Gasteiger partial charge in [-0.25, -0.2) is 29.4 Å². The molecule has 0 spiro atoms. The van der Waals surface area contributed by atoms with Crippen LogP contribution in [-0.4, -0.2) is 61.3 Å². The summed E-state index contributed by atoms with van der Waals surface area (Å²) in [6, 6.07) is 1.08. The number of Topliss-reactive ketones (excluding diaryl/α,β-unsaturated/α-hetero) is 1. The van der Waals surface area contributed by atoms with Gasteiger partial charge in [-0.05, 0) is 61.1 Å². The highest BCUT2D eigenvalue weighted by molar-refractivity contribution is 6.76. The minimum absolute atomic E-state index is 0.163. The lowest BCUT2D eigenvalue weighted by molar-refractivity contribution is -0.120. The van der Waals surface area contributed by atoms with Crippen molar-refractivity contribution < 1.29 is 19.4 Å². The van der Waals surface area contributed by atoms with Crippen LogP contribution in [0.4, 0.5) is 0 Å². The topological polar surface area (TPSA) is 133 Å². The Bertz CT molecular complexity index is 1240. The molecule has 0 saturated heterocycles. The van der Waals surface area contributed by atoms with E-state index in [1.165, 1.54) is 18.2 Å². The summed E-state index contributed by atoms with van der Waals surface area (Å²) in [5.41, 5.74) is 4.24. The first-order valence-corrected chi connectivity index (χ1v) is 17.3. The lowest BCUT2D eigenvalue weighted by atomic mass is 9.83. The molecule has 0 aliphatic heterocycles. The molecule has 3 heterocycles. The standard InChI is InChI=1S/C18H26N4O3Si.C10H12N2O/c1-26(2,3)7-6-25-12-22-16-8-13(14-9-19-11-20-10-14)4-5-15(16)17(21-22)18(23)24;13-10-3-1-8(2-4-10)9-5-11-7-12-6-9/h9-11,13H,4-8,12H2,1-3H3,(H,23,24);5-8H,1-4H2. The van der Waals surface area contributed by atoms with Gasteiger partial charge in [0.2, 0.25) is 0 Å².